The van der Waals surface area contributed by atoms with Crippen molar-refractivity contribution in [1.29, 1.82) is 0 Å². The Balaban J connectivity index is 2.90. The van der Waals surface area contributed by atoms with Crippen LogP contribution in [0, 0.1) is 6.92 Å². The lowest BCUT2D eigenvalue weighted by atomic mass is 10.2. The van der Waals surface area contributed by atoms with E-state index in [1.54, 1.807) is 0 Å². The minimum absolute atomic E-state index is 0.149. The molecule has 0 saturated heterocycles. The number of amides is 1. The Kier molecular flexibility index (Phi) is 4.99. The van der Waals surface area contributed by atoms with Gasteiger partial charge in [0.05, 0.1) is 8.66 Å². The number of thiophene rings is 1. The average Bonchev–Trinajstić information content (AvgIpc) is 2.54. The van der Waals surface area contributed by atoms with Crippen LogP contribution in [0.5, 0.6) is 0 Å². The molecule has 0 unspecified atom stereocenters. The van der Waals surface area contributed by atoms with Crippen LogP contribution >= 0.6 is 27.3 Å². The second kappa shape index (κ2) is 5.82. The van der Waals surface area contributed by atoms with E-state index in [9.17, 15) is 4.79 Å². The highest BCUT2D eigenvalue weighted by Gasteiger charge is 2.20. The van der Waals surface area contributed by atoms with Crippen LogP contribution in [0.3, 0.4) is 0 Å². The first-order valence-electron chi connectivity index (χ1n) is 5.54. The average molecular weight is 304 g/mol. The van der Waals surface area contributed by atoms with E-state index in [1.807, 2.05) is 17.9 Å². The van der Waals surface area contributed by atoms with Crippen molar-refractivity contribution in [3.63, 3.8) is 0 Å². The molecule has 0 bridgehead atoms. The molecule has 0 radical (unpaired) electrons. The third kappa shape index (κ3) is 3.08. The molecule has 1 amide bonds. The lowest BCUT2D eigenvalue weighted by Crippen LogP contribution is -2.37. The number of carbonyl (C=O) groups is 1. The van der Waals surface area contributed by atoms with Gasteiger partial charge < -0.3 is 4.90 Å². The summed E-state index contributed by atoms with van der Waals surface area (Å²) in [7, 11) is 0. The molecule has 2 nitrogen and oxygen atoms in total. The predicted octanol–water partition coefficient (Wildman–Crippen LogP) is 4.08. The zero-order chi connectivity index (χ0) is 12.3. The maximum Gasteiger partial charge on any atom is 0.264 e. The molecule has 0 aliphatic heterocycles. The molecule has 16 heavy (non-hydrogen) atoms. The Morgan fingerprint density at radius 2 is 2.19 bits per heavy atom. The summed E-state index contributed by atoms with van der Waals surface area (Å²) < 4.78 is 1.05. The van der Waals surface area contributed by atoms with Gasteiger partial charge in [-0.3, -0.25) is 4.79 Å². The van der Waals surface area contributed by atoms with Crippen molar-refractivity contribution in [1.82, 2.24) is 4.90 Å². The van der Waals surface area contributed by atoms with Gasteiger partial charge in [-0.15, -0.1) is 11.3 Å². The molecule has 0 N–H and O–H groups in total. The third-order valence-corrected chi connectivity index (χ3v) is 4.54. The van der Waals surface area contributed by atoms with Crippen molar-refractivity contribution < 1.29 is 4.79 Å². The fraction of sp³-hybridized carbons (Fsp3) is 0.583. The smallest absolute Gasteiger partial charge is 0.264 e. The molecular weight excluding hydrogens is 286 g/mol. The van der Waals surface area contributed by atoms with Gasteiger partial charge in [-0.05, 0) is 54.8 Å². The Labute approximate surface area is 110 Å². The van der Waals surface area contributed by atoms with Crippen molar-refractivity contribution in [3.8, 4) is 0 Å². The van der Waals surface area contributed by atoms with Gasteiger partial charge in [0.1, 0.15) is 0 Å². The number of hydrogen-bond acceptors (Lipinski definition) is 2. The largest absolute Gasteiger partial charge is 0.336 e. The summed E-state index contributed by atoms with van der Waals surface area (Å²) in [6.07, 6.45) is 0.995. The Morgan fingerprint density at radius 3 is 2.56 bits per heavy atom. The third-order valence-electron chi connectivity index (χ3n) is 2.42. The topological polar surface area (TPSA) is 20.3 Å². The van der Waals surface area contributed by atoms with Crippen molar-refractivity contribution >= 4 is 33.2 Å². The van der Waals surface area contributed by atoms with Gasteiger partial charge in [0.15, 0.2) is 0 Å². The summed E-state index contributed by atoms with van der Waals surface area (Å²) in [5.41, 5.74) is 1.13. The van der Waals surface area contributed by atoms with Crippen LogP contribution in [0.1, 0.15) is 42.4 Å². The molecule has 1 rings (SSSR count). The summed E-state index contributed by atoms with van der Waals surface area (Å²) in [5.74, 6) is 0.149. The molecule has 1 aromatic heterocycles. The first-order chi connectivity index (χ1) is 7.47. The number of aryl methyl sites for hydroxylation is 1. The molecule has 0 fully saturated rings. The highest BCUT2D eigenvalue weighted by atomic mass is 79.9. The Hall–Kier alpha value is -0.350. The molecule has 90 valence electrons. The number of rotatable bonds is 4. The molecular formula is C12H18BrNOS. The van der Waals surface area contributed by atoms with E-state index in [-0.39, 0.29) is 11.9 Å². The SMILES string of the molecule is CCCN(C(=O)c1cc(C)c(Br)s1)C(C)C. The molecule has 0 aromatic carbocycles. The number of halogens is 1. The molecule has 1 aromatic rings. The van der Waals surface area contributed by atoms with E-state index in [1.165, 1.54) is 11.3 Å². The van der Waals surface area contributed by atoms with Crippen molar-refractivity contribution in [2.24, 2.45) is 0 Å². The zero-order valence-electron chi connectivity index (χ0n) is 10.2. The van der Waals surface area contributed by atoms with Crippen LogP contribution < -0.4 is 0 Å². The Morgan fingerprint density at radius 1 is 1.56 bits per heavy atom. The van der Waals surface area contributed by atoms with E-state index < -0.39 is 0 Å². The van der Waals surface area contributed by atoms with E-state index >= 15 is 0 Å². The van der Waals surface area contributed by atoms with Gasteiger partial charge in [0.25, 0.3) is 5.91 Å². The van der Waals surface area contributed by atoms with Gasteiger partial charge in [-0.1, -0.05) is 6.92 Å². The monoisotopic (exact) mass is 303 g/mol. The predicted molar refractivity (Wildman–Crippen MR) is 73.2 cm³/mol. The first kappa shape index (κ1) is 13.7. The highest BCUT2D eigenvalue weighted by molar-refractivity contribution is 9.11. The minimum Gasteiger partial charge on any atom is -0.336 e. The maximum atomic E-state index is 12.3. The van der Waals surface area contributed by atoms with Crippen LogP contribution in [0.4, 0.5) is 0 Å². The normalized spacial score (nSPS) is 10.9. The van der Waals surface area contributed by atoms with Crippen LogP contribution in [-0.4, -0.2) is 23.4 Å². The van der Waals surface area contributed by atoms with Crippen LogP contribution in [0.15, 0.2) is 9.85 Å². The number of nitrogens with zero attached hydrogens (tertiary/aromatic N) is 1. The standard InChI is InChI=1S/C12H18BrNOS/c1-5-6-14(8(2)3)12(15)10-7-9(4)11(13)16-10/h7-8H,5-6H2,1-4H3. The molecule has 0 aliphatic carbocycles. The summed E-state index contributed by atoms with van der Waals surface area (Å²) >= 11 is 4.98. The lowest BCUT2D eigenvalue weighted by Gasteiger charge is -2.25. The van der Waals surface area contributed by atoms with E-state index in [0.717, 1.165) is 27.2 Å². The lowest BCUT2D eigenvalue weighted by molar-refractivity contribution is 0.0711. The highest BCUT2D eigenvalue weighted by Crippen LogP contribution is 2.28. The molecule has 0 atom stereocenters. The fourth-order valence-electron chi connectivity index (χ4n) is 1.54. The quantitative estimate of drug-likeness (QED) is 0.821. The van der Waals surface area contributed by atoms with Gasteiger partial charge in [0.2, 0.25) is 0 Å². The van der Waals surface area contributed by atoms with Gasteiger partial charge in [0, 0.05) is 12.6 Å². The van der Waals surface area contributed by atoms with Crippen molar-refractivity contribution in [2.45, 2.75) is 40.2 Å². The maximum absolute atomic E-state index is 12.3. The summed E-state index contributed by atoms with van der Waals surface area (Å²) in [4.78, 5) is 15.0. The van der Waals surface area contributed by atoms with E-state index in [2.05, 4.69) is 36.7 Å². The first-order valence-corrected chi connectivity index (χ1v) is 7.15. The summed E-state index contributed by atoms with van der Waals surface area (Å²) in [6.45, 7) is 9.05. The molecule has 0 aliphatic rings. The molecule has 1 heterocycles. The minimum atomic E-state index is 0.149. The number of hydrogen-bond donors (Lipinski definition) is 0. The van der Waals surface area contributed by atoms with Crippen LogP contribution in [0.2, 0.25) is 0 Å². The van der Waals surface area contributed by atoms with Crippen molar-refractivity contribution in [2.75, 3.05) is 6.54 Å². The molecule has 0 spiro atoms. The summed E-state index contributed by atoms with van der Waals surface area (Å²) in [5, 5.41) is 0. The van der Waals surface area contributed by atoms with Gasteiger partial charge in [-0.25, -0.2) is 0 Å². The van der Waals surface area contributed by atoms with Gasteiger partial charge >= 0.3 is 0 Å². The second-order valence-electron chi connectivity index (χ2n) is 4.16. The summed E-state index contributed by atoms with van der Waals surface area (Å²) in [6, 6.07) is 2.22. The number of carbonyl (C=O) groups excluding carboxylic acids is 1. The molecule has 0 saturated carbocycles. The molecule has 4 heteroatoms. The Bertz CT molecular complexity index is 354. The second-order valence-corrected chi connectivity index (χ2v) is 6.53. The zero-order valence-corrected chi connectivity index (χ0v) is 12.6. The van der Waals surface area contributed by atoms with E-state index in [0.29, 0.717) is 0 Å². The fourth-order valence-corrected chi connectivity index (χ4v) is 3.03. The van der Waals surface area contributed by atoms with Crippen LogP contribution in [-0.2, 0) is 0 Å². The van der Waals surface area contributed by atoms with E-state index in [4.69, 9.17) is 0 Å². The van der Waals surface area contributed by atoms with Crippen molar-refractivity contribution in [3.05, 3.63) is 20.3 Å². The van der Waals surface area contributed by atoms with Gasteiger partial charge in [-0.2, -0.15) is 0 Å². The van der Waals surface area contributed by atoms with Crippen LogP contribution in [0.25, 0.3) is 0 Å².